The van der Waals surface area contributed by atoms with E-state index in [9.17, 15) is 4.39 Å². The van der Waals surface area contributed by atoms with Crippen LogP contribution in [-0.4, -0.2) is 40.6 Å². The second-order valence-corrected chi connectivity index (χ2v) is 7.95. The highest BCUT2D eigenvalue weighted by Crippen LogP contribution is 2.32. The summed E-state index contributed by atoms with van der Waals surface area (Å²) < 4.78 is 17.5. The third-order valence-corrected chi connectivity index (χ3v) is 6.16. The first-order valence-corrected chi connectivity index (χ1v) is 9.70. The van der Waals surface area contributed by atoms with Crippen molar-refractivity contribution in [3.63, 3.8) is 0 Å². The Hall–Kier alpha value is -0.300. The fraction of sp³-hybridized carbons (Fsp3) is 0.500. The van der Waals surface area contributed by atoms with Crippen LogP contribution in [0, 0.1) is 5.92 Å². The molecule has 1 aromatic carbocycles. The zero-order valence-electron chi connectivity index (χ0n) is 11.3. The average Bonchev–Trinajstić information content (AvgIpc) is 2.89. The maximum Gasteiger partial charge on any atom is 0.117 e. The standard InChI is InChI=1S/C14H17FN2S3/c1-18-8-10-4-5-17(7-12(10)15)20-11-2-3-13-14(6-11)19-9-16-13/h2-3,6,9-10,12H,4-5,7-8H2,1H3/t10?,12-/m0/s1. The van der Waals surface area contributed by atoms with E-state index in [0.717, 1.165) is 24.2 Å². The van der Waals surface area contributed by atoms with Crippen LogP contribution in [0.4, 0.5) is 4.39 Å². The van der Waals surface area contributed by atoms with E-state index >= 15 is 0 Å². The average molecular weight is 329 g/mol. The summed E-state index contributed by atoms with van der Waals surface area (Å²) in [6, 6.07) is 6.27. The summed E-state index contributed by atoms with van der Waals surface area (Å²) in [6.07, 6.45) is 2.31. The monoisotopic (exact) mass is 328 g/mol. The van der Waals surface area contributed by atoms with Crippen LogP contribution >= 0.6 is 35.0 Å². The van der Waals surface area contributed by atoms with Crippen LogP contribution in [0.2, 0.25) is 0 Å². The van der Waals surface area contributed by atoms with Gasteiger partial charge in [-0.1, -0.05) is 0 Å². The molecule has 0 N–H and O–H groups in total. The minimum Gasteiger partial charge on any atom is -0.246 e. The smallest absolute Gasteiger partial charge is 0.117 e. The van der Waals surface area contributed by atoms with Crippen molar-refractivity contribution < 1.29 is 4.39 Å². The number of hydrogen-bond acceptors (Lipinski definition) is 5. The number of thiazole rings is 1. The molecule has 0 saturated carbocycles. The van der Waals surface area contributed by atoms with Crippen molar-refractivity contribution in [2.45, 2.75) is 17.5 Å². The van der Waals surface area contributed by atoms with E-state index in [1.165, 1.54) is 9.60 Å². The van der Waals surface area contributed by atoms with Gasteiger partial charge in [0, 0.05) is 23.9 Å². The molecule has 108 valence electrons. The number of benzene rings is 1. The molecule has 20 heavy (non-hydrogen) atoms. The van der Waals surface area contributed by atoms with Crippen LogP contribution in [0.25, 0.3) is 10.2 Å². The van der Waals surface area contributed by atoms with Crippen LogP contribution in [0.3, 0.4) is 0 Å². The third kappa shape index (κ3) is 3.30. The van der Waals surface area contributed by atoms with E-state index in [1.807, 2.05) is 11.6 Å². The van der Waals surface area contributed by atoms with E-state index in [4.69, 9.17) is 0 Å². The molecule has 2 heterocycles. The van der Waals surface area contributed by atoms with Gasteiger partial charge in [-0.05, 0) is 48.6 Å². The lowest BCUT2D eigenvalue weighted by Gasteiger charge is -2.33. The highest BCUT2D eigenvalue weighted by molar-refractivity contribution is 7.98. The van der Waals surface area contributed by atoms with Gasteiger partial charge in [0.2, 0.25) is 0 Å². The quantitative estimate of drug-likeness (QED) is 0.776. The van der Waals surface area contributed by atoms with Gasteiger partial charge in [-0.15, -0.1) is 11.3 Å². The minimum atomic E-state index is -0.698. The maximum absolute atomic E-state index is 14.1. The Morgan fingerprint density at radius 2 is 2.40 bits per heavy atom. The SMILES string of the molecule is CSCC1CCN(Sc2ccc3ncsc3c2)C[C@@H]1F. The minimum absolute atomic E-state index is 0.228. The molecule has 0 radical (unpaired) electrons. The number of aromatic nitrogens is 1. The normalized spacial score (nSPS) is 24.3. The zero-order chi connectivity index (χ0) is 13.9. The predicted octanol–water partition coefficient (Wildman–Crippen LogP) is 4.33. The van der Waals surface area contributed by atoms with Crippen molar-refractivity contribution >= 4 is 45.3 Å². The topological polar surface area (TPSA) is 16.1 Å². The number of rotatable bonds is 4. The number of fused-ring (bicyclic) bond motifs is 1. The van der Waals surface area contributed by atoms with E-state index in [0.29, 0.717) is 6.54 Å². The molecule has 2 atom stereocenters. The van der Waals surface area contributed by atoms with Gasteiger partial charge < -0.3 is 0 Å². The summed E-state index contributed by atoms with van der Waals surface area (Å²) >= 11 is 5.07. The molecule has 3 rings (SSSR count). The van der Waals surface area contributed by atoms with Gasteiger partial charge in [0.1, 0.15) is 6.17 Å². The Balaban J connectivity index is 1.63. The second kappa shape index (κ2) is 6.64. The van der Waals surface area contributed by atoms with E-state index in [2.05, 4.69) is 27.7 Å². The Morgan fingerprint density at radius 1 is 1.50 bits per heavy atom. The van der Waals surface area contributed by atoms with Gasteiger partial charge in [-0.25, -0.2) is 13.7 Å². The molecule has 0 amide bonds. The highest BCUT2D eigenvalue weighted by Gasteiger charge is 2.29. The van der Waals surface area contributed by atoms with E-state index in [1.54, 1.807) is 35.0 Å². The van der Waals surface area contributed by atoms with E-state index in [-0.39, 0.29) is 5.92 Å². The van der Waals surface area contributed by atoms with Crippen molar-refractivity contribution in [1.82, 2.24) is 9.29 Å². The molecule has 1 saturated heterocycles. The Bertz CT molecular complexity index is 574. The number of halogens is 1. The lowest BCUT2D eigenvalue weighted by Crippen LogP contribution is -2.39. The van der Waals surface area contributed by atoms with Crippen LogP contribution in [-0.2, 0) is 0 Å². The number of alkyl halides is 1. The first-order chi connectivity index (χ1) is 9.76. The number of piperidine rings is 1. The van der Waals surface area contributed by atoms with Crippen molar-refractivity contribution in [1.29, 1.82) is 0 Å². The van der Waals surface area contributed by atoms with Gasteiger partial charge in [-0.3, -0.25) is 0 Å². The van der Waals surface area contributed by atoms with Crippen LogP contribution in [0.5, 0.6) is 0 Å². The van der Waals surface area contributed by atoms with Crippen molar-refractivity contribution in [3.8, 4) is 0 Å². The van der Waals surface area contributed by atoms with Crippen molar-refractivity contribution in [3.05, 3.63) is 23.7 Å². The fourth-order valence-corrected chi connectivity index (χ4v) is 5.06. The molecule has 6 heteroatoms. The van der Waals surface area contributed by atoms with Gasteiger partial charge in [0.05, 0.1) is 15.7 Å². The van der Waals surface area contributed by atoms with Gasteiger partial charge in [-0.2, -0.15) is 11.8 Å². The van der Waals surface area contributed by atoms with Crippen molar-refractivity contribution in [2.24, 2.45) is 5.92 Å². The van der Waals surface area contributed by atoms with Gasteiger partial charge in [0.15, 0.2) is 0 Å². The molecule has 2 aromatic rings. The number of hydrogen-bond donors (Lipinski definition) is 0. The summed E-state index contributed by atoms with van der Waals surface area (Å²) in [5, 5.41) is 0. The first-order valence-electron chi connectivity index (χ1n) is 6.65. The molecule has 2 nitrogen and oxygen atoms in total. The summed E-state index contributed by atoms with van der Waals surface area (Å²) in [5.74, 6) is 1.16. The number of thioether (sulfide) groups is 1. The Labute approximate surface area is 131 Å². The van der Waals surface area contributed by atoms with Crippen LogP contribution < -0.4 is 0 Å². The van der Waals surface area contributed by atoms with E-state index < -0.39 is 6.17 Å². The molecule has 0 spiro atoms. The maximum atomic E-state index is 14.1. The summed E-state index contributed by atoms with van der Waals surface area (Å²) in [7, 11) is 0. The predicted molar refractivity (Wildman–Crippen MR) is 88.4 cm³/mol. The number of nitrogens with zero attached hydrogens (tertiary/aromatic N) is 2. The van der Waals surface area contributed by atoms with Gasteiger partial charge >= 0.3 is 0 Å². The van der Waals surface area contributed by atoms with Gasteiger partial charge in [0.25, 0.3) is 0 Å². The molecule has 1 unspecified atom stereocenters. The van der Waals surface area contributed by atoms with Crippen LogP contribution in [0.15, 0.2) is 28.6 Å². The lowest BCUT2D eigenvalue weighted by molar-refractivity contribution is 0.153. The zero-order valence-corrected chi connectivity index (χ0v) is 13.7. The molecular weight excluding hydrogens is 311 g/mol. The molecule has 0 bridgehead atoms. The largest absolute Gasteiger partial charge is 0.246 e. The first kappa shape index (κ1) is 14.6. The Kier molecular flexibility index (Phi) is 4.86. The van der Waals surface area contributed by atoms with Crippen LogP contribution in [0.1, 0.15) is 6.42 Å². The molecular formula is C14H17FN2S3. The highest BCUT2D eigenvalue weighted by atomic mass is 32.2. The molecule has 1 aliphatic heterocycles. The molecule has 1 aliphatic rings. The summed E-state index contributed by atoms with van der Waals surface area (Å²) in [5.41, 5.74) is 2.91. The molecule has 1 fully saturated rings. The molecule has 0 aliphatic carbocycles. The summed E-state index contributed by atoms with van der Waals surface area (Å²) in [4.78, 5) is 5.46. The summed E-state index contributed by atoms with van der Waals surface area (Å²) in [6.45, 7) is 1.51. The second-order valence-electron chi connectivity index (χ2n) is 4.98. The fourth-order valence-electron chi connectivity index (χ4n) is 2.45. The molecule has 1 aromatic heterocycles. The lowest BCUT2D eigenvalue weighted by atomic mass is 9.98. The Morgan fingerprint density at radius 3 is 3.20 bits per heavy atom. The van der Waals surface area contributed by atoms with Crippen molar-refractivity contribution in [2.75, 3.05) is 25.1 Å². The third-order valence-electron chi connectivity index (χ3n) is 3.56.